The van der Waals surface area contributed by atoms with Gasteiger partial charge in [-0.25, -0.2) is 0 Å². The fourth-order valence-corrected chi connectivity index (χ4v) is 2.24. The first-order chi connectivity index (χ1) is 10.1. The molecule has 0 heterocycles. The summed E-state index contributed by atoms with van der Waals surface area (Å²) < 4.78 is 5.63. The van der Waals surface area contributed by atoms with Crippen LogP contribution in [0.2, 0.25) is 0 Å². The SMILES string of the molecule is CCCOc1ccccc1C(=O)Nc1cc(C)cc(C)c1. The summed E-state index contributed by atoms with van der Waals surface area (Å²) in [5.41, 5.74) is 3.62. The molecule has 110 valence electrons. The molecule has 0 aliphatic rings. The van der Waals surface area contributed by atoms with Gasteiger partial charge in [-0.15, -0.1) is 0 Å². The number of ether oxygens (including phenoxy) is 1. The van der Waals surface area contributed by atoms with Crippen molar-refractivity contribution in [2.45, 2.75) is 27.2 Å². The lowest BCUT2D eigenvalue weighted by atomic mass is 10.1. The van der Waals surface area contributed by atoms with Crippen LogP contribution in [0.4, 0.5) is 5.69 Å². The number of aryl methyl sites for hydroxylation is 2. The zero-order chi connectivity index (χ0) is 15.2. The van der Waals surface area contributed by atoms with Crippen LogP contribution in [0, 0.1) is 13.8 Å². The standard InChI is InChI=1S/C18H21NO2/c1-4-9-21-17-8-6-5-7-16(17)18(20)19-15-11-13(2)10-14(3)12-15/h5-8,10-12H,4,9H2,1-3H3,(H,19,20). The van der Waals surface area contributed by atoms with E-state index in [1.165, 1.54) is 0 Å². The Kier molecular flexibility index (Phi) is 4.99. The molecule has 3 nitrogen and oxygen atoms in total. The molecule has 0 bridgehead atoms. The average Bonchev–Trinajstić information content (AvgIpc) is 2.44. The van der Waals surface area contributed by atoms with Crippen molar-refractivity contribution in [1.29, 1.82) is 0 Å². The molecule has 0 saturated carbocycles. The highest BCUT2D eigenvalue weighted by molar-refractivity contribution is 6.06. The van der Waals surface area contributed by atoms with Gasteiger partial charge in [0.05, 0.1) is 12.2 Å². The van der Waals surface area contributed by atoms with Crippen LogP contribution in [0.1, 0.15) is 34.8 Å². The van der Waals surface area contributed by atoms with Gasteiger partial charge in [-0.05, 0) is 55.7 Å². The summed E-state index contributed by atoms with van der Waals surface area (Å²) in [4.78, 5) is 12.4. The molecule has 0 aromatic heterocycles. The number of rotatable bonds is 5. The van der Waals surface area contributed by atoms with Crippen molar-refractivity contribution in [2.75, 3.05) is 11.9 Å². The van der Waals surface area contributed by atoms with Gasteiger partial charge in [-0.1, -0.05) is 25.1 Å². The first-order valence-electron chi connectivity index (χ1n) is 7.21. The van der Waals surface area contributed by atoms with Crippen LogP contribution in [0.15, 0.2) is 42.5 Å². The summed E-state index contributed by atoms with van der Waals surface area (Å²) in [6.07, 6.45) is 0.910. The van der Waals surface area contributed by atoms with Gasteiger partial charge in [0.1, 0.15) is 5.75 Å². The van der Waals surface area contributed by atoms with Crippen LogP contribution >= 0.6 is 0 Å². The maximum Gasteiger partial charge on any atom is 0.259 e. The van der Waals surface area contributed by atoms with E-state index in [-0.39, 0.29) is 5.91 Å². The second-order valence-electron chi connectivity index (χ2n) is 5.18. The number of hydrogen-bond acceptors (Lipinski definition) is 2. The minimum atomic E-state index is -0.147. The zero-order valence-electron chi connectivity index (χ0n) is 12.8. The van der Waals surface area contributed by atoms with Crippen molar-refractivity contribution in [3.05, 3.63) is 59.2 Å². The predicted octanol–water partition coefficient (Wildman–Crippen LogP) is 4.34. The quantitative estimate of drug-likeness (QED) is 0.886. The van der Waals surface area contributed by atoms with Crippen molar-refractivity contribution in [3.8, 4) is 5.75 Å². The zero-order valence-corrected chi connectivity index (χ0v) is 12.8. The van der Waals surface area contributed by atoms with Crippen molar-refractivity contribution < 1.29 is 9.53 Å². The van der Waals surface area contributed by atoms with Gasteiger partial charge in [0.25, 0.3) is 5.91 Å². The van der Waals surface area contributed by atoms with E-state index in [4.69, 9.17) is 4.74 Å². The lowest BCUT2D eigenvalue weighted by molar-refractivity contribution is 0.102. The monoisotopic (exact) mass is 283 g/mol. The van der Waals surface area contributed by atoms with E-state index >= 15 is 0 Å². The normalized spacial score (nSPS) is 10.2. The Morgan fingerprint density at radius 1 is 1.10 bits per heavy atom. The van der Waals surface area contributed by atoms with Crippen LogP contribution < -0.4 is 10.1 Å². The molecule has 0 spiro atoms. The van der Waals surface area contributed by atoms with Gasteiger partial charge >= 0.3 is 0 Å². The molecule has 21 heavy (non-hydrogen) atoms. The number of carbonyl (C=O) groups excluding carboxylic acids is 1. The lowest BCUT2D eigenvalue weighted by Gasteiger charge is -2.12. The van der Waals surface area contributed by atoms with E-state index in [2.05, 4.69) is 11.4 Å². The number of benzene rings is 2. The highest BCUT2D eigenvalue weighted by Crippen LogP contribution is 2.21. The molecule has 0 atom stereocenters. The van der Waals surface area contributed by atoms with Crippen molar-refractivity contribution in [1.82, 2.24) is 0 Å². The highest BCUT2D eigenvalue weighted by Gasteiger charge is 2.12. The fraction of sp³-hybridized carbons (Fsp3) is 0.278. The Hall–Kier alpha value is -2.29. The molecule has 0 radical (unpaired) electrons. The van der Waals surface area contributed by atoms with Gasteiger partial charge < -0.3 is 10.1 Å². The molecule has 0 unspecified atom stereocenters. The van der Waals surface area contributed by atoms with Gasteiger partial charge in [0.2, 0.25) is 0 Å². The summed E-state index contributed by atoms with van der Waals surface area (Å²) in [5.74, 6) is 0.480. The third-order valence-electron chi connectivity index (χ3n) is 3.07. The molecule has 0 aliphatic heterocycles. The first-order valence-corrected chi connectivity index (χ1v) is 7.21. The number of anilines is 1. The first kappa shape index (κ1) is 15.1. The van der Waals surface area contributed by atoms with Gasteiger partial charge in [0, 0.05) is 5.69 Å². The highest BCUT2D eigenvalue weighted by atomic mass is 16.5. The van der Waals surface area contributed by atoms with Crippen LogP contribution in [0.5, 0.6) is 5.75 Å². The fourth-order valence-electron chi connectivity index (χ4n) is 2.24. The van der Waals surface area contributed by atoms with E-state index in [0.717, 1.165) is 23.2 Å². The average molecular weight is 283 g/mol. The Bertz CT molecular complexity index is 615. The summed E-state index contributed by atoms with van der Waals surface area (Å²) in [5, 5.41) is 2.94. The van der Waals surface area contributed by atoms with E-state index in [9.17, 15) is 4.79 Å². The molecular formula is C18H21NO2. The van der Waals surface area contributed by atoms with Crippen molar-refractivity contribution >= 4 is 11.6 Å². The molecular weight excluding hydrogens is 262 g/mol. The topological polar surface area (TPSA) is 38.3 Å². The Morgan fingerprint density at radius 3 is 2.43 bits per heavy atom. The van der Waals surface area contributed by atoms with E-state index in [0.29, 0.717) is 17.9 Å². The molecule has 1 amide bonds. The van der Waals surface area contributed by atoms with Crippen LogP contribution in [0.25, 0.3) is 0 Å². The molecule has 2 rings (SSSR count). The third-order valence-corrected chi connectivity index (χ3v) is 3.07. The van der Waals surface area contributed by atoms with Gasteiger partial charge in [-0.3, -0.25) is 4.79 Å². The summed E-state index contributed by atoms with van der Waals surface area (Å²) in [6, 6.07) is 13.3. The summed E-state index contributed by atoms with van der Waals surface area (Å²) in [7, 11) is 0. The van der Waals surface area contributed by atoms with Crippen molar-refractivity contribution in [3.63, 3.8) is 0 Å². The smallest absolute Gasteiger partial charge is 0.259 e. The lowest BCUT2D eigenvalue weighted by Crippen LogP contribution is -2.14. The van der Waals surface area contributed by atoms with E-state index < -0.39 is 0 Å². The minimum absolute atomic E-state index is 0.147. The largest absolute Gasteiger partial charge is 0.493 e. The Morgan fingerprint density at radius 2 is 1.76 bits per heavy atom. The van der Waals surface area contributed by atoms with Crippen molar-refractivity contribution in [2.24, 2.45) is 0 Å². The predicted molar refractivity (Wildman–Crippen MR) is 86.1 cm³/mol. The van der Waals surface area contributed by atoms with Crippen LogP contribution in [-0.4, -0.2) is 12.5 Å². The van der Waals surface area contributed by atoms with E-state index in [1.807, 2.05) is 51.1 Å². The number of amides is 1. The molecule has 0 aliphatic carbocycles. The Labute approximate surface area is 126 Å². The van der Waals surface area contributed by atoms with E-state index in [1.54, 1.807) is 6.07 Å². The van der Waals surface area contributed by atoms with Crippen LogP contribution in [0.3, 0.4) is 0 Å². The summed E-state index contributed by atoms with van der Waals surface area (Å²) >= 11 is 0. The molecule has 2 aromatic carbocycles. The minimum Gasteiger partial charge on any atom is -0.493 e. The van der Waals surface area contributed by atoms with Crippen LogP contribution in [-0.2, 0) is 0 Å². The van der Waals surface area contributed by atoms with Gasteiger partial charge in [-0.2, -0.15) is 0 Å². The number of hydrogen-bond donors (Lipinski definition) is 1. The molecule has 0 saturated heterocycles. The Balaban J connectivity index is 2.20. The molecule has 2 aromatic rings. The van der Waals surface area contributed by atoms with Gasteiger partial charge in [0.15, 0.2) is 0 Å². The molecule has 3 heteroatoms. The maximum absolute atomic E-state index is 12.4. The number of para-hydroxylation sites is 1. The second kappa shape index (κ2) is 6.93. The maximum atomic E-state index is 12.4. The molecule has 0 fully saturated rings. The number of nitrogens with one attached hydrogen (secondary N) is 1. The summed E-state index contributed by atoms with van der Waals surface area (Å²) in [6.45, 7) is 6.67. The number of carbonyl (C=O) groups is 1. The molecule has 1 N–H and O–H groups in total. The third kappa shape index (κ3) is 4.09. The second-order valence-corrected chi connectivity index (χ2v) is 5.18.